The molecule has 1 aliphatic rings. The van der Waals surface area contributed by atoms with E-state index < -0.39 is 0 Å². The molecule has 1 amide bonds. The quantitative estimate of drug-likeness (QED) is 0.662. The molecule has 0 aromatic heterocycles. The normalized spacial score (nSPS) is 15.8. The molecule has 1 fully saturated rings. The molecule has 4 nitrogen and oxygen atoms in total. The number of carbonyl (C=O) groups is 1. The van der Waals surface area contributed by atoms with Gasteiger partial charge in [0, 0.05) is 25.0 Å². The summed E-state index contributed by atoms with van der Waals surface area (Å²) in [5.41, 5.74) is 3.11. The van der Waals surface area contributed by atoms with E-state index in [4.69, 9.17) is 0 Å². The van der Waals surface area contributed by atoms with E-state index in [2.05, 4.69) is 30.1 Å². The fourth-order valence-electron chi connectivity index (χ4n) is 3.07. The SMILES string of the molecule is Cc1cccc(C(C)C)c1NC(=O)/C(C#N)=C\N1CCCCCC1. The number of aryl methyl sites for hydroxylation is 1. The number of nitrogens with zero attached hydrogens (tertiary/aromatic N) is 2. The predicted octanol–water partition coefficient (Wildman–Crippen LogP) is 4.34. The lowest BCUT2D eigenvalue weighted by Gasteiger charge is -2.19. The van der Waals surface area contributed by atoms with Crippen LogP contribution in [0.4, 0.5) is 5.69 Å². The van der Waals surface area contributed by atoms with Gasteiger partial charge in [0.1, 0.15) is 11.6 Å². The number of nitriles is 1. The van der Waals surface area contributed by atoms with Gasteiger partial charge < -0.3 is 10.2 Å². The van der Waals surface area contributed by atoms with E-state index in [1.165, 1.54) is 12.8 Å². The molecule has 24 heavy (non-hydrogen) atoms. The maximum atomic E-state index is 12.6. The Morgan fingerprint density at radius 3 is 2.50 bits per heavy atom. The summed E-state index contributed by atoms with van der Waals surface area (Å²) in [5, 5.41) is 12.4. The molecule has 0 saturated carbocycles. The zero-order valence-corrected chi connectivity index (χ0v) is 14.9. The van der Waals surface area contributed by atoms with Gasteiger partial charge in [0.2, 0.25) is 0 Å². The van der Waals surface area contributed by atoms with Crippen LogP contribution in [0.1, 0.15) is 56.6 Å². The summed E-state index contributed by atoms with van der Waals surface area (Å²) in [6.07, 6.45) is 6.41. The van der Waals surface area contributed by atoms with Crippen molar-refractivity contribution in [3.05, 3.63) is 41.1 Å². The number of rotatable bonds is 4. The van der Waals surface area contributed by atoms with Crippen molar-refractivity contribution in [3.63, 3.8) is 0 Å². The fraction of sp³-hybridized carbons (Fsp3) is 0.500. The minimum Gasteiger partial charge on any atom is -0.376 e. The Bertz CT molecular complexity index is 647. The summed E-state index contributed by atoms with van der Waals surface area (Å²) >= 11 is 0. The molecule has 4 heteroatoms. The third-order valence-electron chi connectivity index (χ3n) is 4.48. The highest BCUT2D eigenvalue weighted by atomic mass is 16.1. The molecule has 128 valence electrons. The minimum absolute atomic E-state index is 0.176. The van der Waals surface area contributed by atoms with Crippen molar-refractivity contribution in [1.82, 2.24) is 4.90 Å². The standard InChI is InChI=1S/C20H27N3O/c1-15(2)18-10-8-9-16(3)19(18)22-20(24)17(13-21)14-23-11-6-4-5-7-12-23/h8-10,14-15H,4-7,11-12H2,1-3H3,(H,22,24)/b17-14-. The van der Waals surface area contributed by atoms with Crippen LogP contribution in [0.2, 0.25) is 0 Å². The average Bonchev–Trinajstić information content (AvgIpc) is 2.82. The molecular weight excluding hydrogens is 298 g/mol. The van der Waals surface area contributed by atoms with Gasteiger partial charge in [0.25, 0.3) is 5.91 Å². The second-order valence-electron chi connectivity index (χ2n) is 6.75. The topological polar surface area (TPSA) is 56.1 Å². The van der Waals surface area contributed by atoms with Gasteiger partial charge >= 0.3 is 0 Å². The molecule has 0 atom stereocenters. The van der Waals surface area contributed by atoms with Crippen LogP contribution in [-0.4, -0.2) is 23.9 Å². The van der Waals surface area contributed by atoms with Gasteiger partial charge in [-0.2, -0.15) is 5.26 Å². The van der Waals surface area contributed by atoms with Crippen molar-refractivity contribution >= 4 is 11.6 Å². The molecule has 0 unspecified atom stereocenters. The average molecular weight is 325 g/mol. The number of para-hydroxylation sites is 1. The highest BCUT2D eigenvalue weighted by molar-refractivity contribution is 6.07. The van der Waals surface area contributed by atoms with Gasteiger partial charge in [-0.05, 0) is 36.8 Å². The van der Waals surface area contributed by atoms with Gasteiger partial charge in [-0.1, -0.05) is 44.9 Å². The van der Waals surface area contributed by atoms with Crippen LogP contribution in [0.3, 0.4) is 0 Å². The zero-order valence-electron chi connectivity index (χ0n) is 14.9. The molecule has 0 radical (unpaired) electrons. The lowest BCUT2D eigenvalue weighted by Crippen LogP contribution is -2.22. The van der Waals surface area contributed by atoms with E-state index in [1.807, 2.05) is 25.1 Å². The number of likely N-dealkylation sites (tertiary alicyclic amines) is 1. The van der Waals surface area contributed by atoms with Crippen molar-refractivity contribution in [2.45, 2.75) is 52.4 Å². The number of carbonyl (C=O) groups excluding carboxylic acids is 1. The number of benzene rings is 1. The summed E-state index contributed by atoms with van der Waals surface area (Å²) < 4.78 is 0. The first-order valence-corrected chi connectivity index (χ1v) is 8.79. The Morgan fingerprint density at radius 1 is 1.25 bits per heavy atom. The summed E-state index contributed by atoms with van der Waals surface area (Å²) in [4.78, 5) is 14.7. The molecule has 0 aliphatic carbocycles. The number of amides is 1. The van der Waals surface area contributed by atoms with E-state index in [0.717, 1.165) is 42.7 Å². The monoisotopic (exact) mass is 325 g/mol. The molecule has 2 rings (SSSR count). The maximum Gasteiger partial charge on any atom is 0.267 e. The van der Waals surface area contributed by atoms with Gasteiger partial charge in [0.05, 0.1) is 0 Å². The van der Waals surface area contributed by atoms with Crippen LogP contribution in [0, 0.1) is 18.3 Å². The Balaban J connectivity index is 2.20. The molecule has 1 aromatic carbocycles. The number of hydrogen-bond acceptors (Lipinski definition) is 3. The summed E-state index contributed by atoms with van der Waals surface area (Å²) in [5.74, 6) is -0.0155. The molecular formula is C20H27N3O. The number of anilines is 1. The van der Waals surface area contributed by atoms with Crippen molar-refractivity contribution in [2.24, 2.45) is 0 Å². The van der Waals surface area contributed by atoms with Gasteiger partial charge in [0.15, 0.2) is 0 Å². The summed E-state index contributed by atoms with van der Waals surface area (Å²) in [7, 11) is 0. The Kier molecular flexibility index (Phi) is 6.43. The molecule has 1 aromatic rings. The van der Waals surface area contributed by atoms with Crippen LogP contribution in [0.5, 0.6) is 0 Å². The summed E-state index contributed by atoms with van der Waals surface area (Å²) in [6, 6.07) is 8.07. The molecule has 1 heterocycles. The Hall–Kier alpha value is -2.28. The predicted molar refractivity (Wildman–Crippen MR) is 97.6 cm³/mol. The minimum atomic E-state index is -0.321. The van der Waals surface area contributed by atoms with E-state index in [9.17, 15) is 10.1 Å². The molecule has 1 saturated heterocycles. The van der Waals surface area contributed by atoms with Gasteiger partial charge in [-0.3, -0.25) is 4.79 Å². The van der Waals surface area contributed by atoms with Crippen LogP contribution in [-0.2, 0) is 4.79 Å². The Labute approximate surface area is 145 Å². The summed E-state index contributed by atoms with van der Waals surface area (Å²) in [6.45, 7) is 8.01. The smallest absolute Gasteiger partial charge is 0.267 e. The first-order valence-electron chi connectivity index (χ1n) is 8.79. The van der Waals surface area contributed by atoms with E-state index in [-0.39, 0.29) is 11.5 Å². The lowest BCUT2D eigenvalue weighted by atomic mass is 9.98. The van der Waals surface area contributed by atoms with E-state index >= 15 is 0 Å². The van der Waals surface area contributed by atoms with Gasteiger partial charge in [-0.25, -0.2) is 0 Å². The number of hydrogen-bond donors (Lipinski definition) is 1. The van der Waals surface area contributed by atoms with Crippen molar-refractivity contribution in [1.29, 1.82) is 5.26 Å². The molecule has 0 spiro atoms. The van der Waals surface area contributed by atoms with Crippen molar-refractivity contribution < 1.29 is 4.79 Å². The largest absolute Gasteiger partial charge is 0.376 e. The molecule has 1 N–H and O–H groups in total. The first kappa shape index (κ1) is 18.1. The Morgan fingerprint density at radius 2 is 1.92 bits per heavy atom. The lowest BCUT2D eigenvalue weighted by molar-refractivity contribution is -0.112. The van der Waals surface area contributed by atoms with Crippen LogP contribution >= 0.6 is 0 Å². The fourth-order valence-corrected chi connectivity index (χ4v) is 3.07. The highest BCUT2D eigenvalue weighted by Crippen LogP contribution is 2.27. The maximum absolute atomic E-state index is 12.6. The highest BCUT2D eigenvalue weighted by Gasteiger charge is 2.16. The van der Waals surface area contributed by atoms with Crippen LogP contribution in [0.25, 0.3) is 0 Å². The first-order chi connectivity index (χ1) is 11.5. The van der Waals surface area contributed by atoms with Gasteiger partial charge in [-0.15, -0.1) is 0 Å². The third kappa shape index (κ3) is 4.61. The van der Waals surface area contributed by atoms with Crippen molar-refractivity contribution in [2.75, 3.05) is 18.4 Å². The second-order valence-corrected chi connectivity index (χ2v) is 6.75. The van der Waals surface area contributed by atoms with E-state index in [1.54, 1.807) is 6.20 Å². The van der Waals surface area contributed by atoms with E-state index in [0.29, 0.717) is 5.92 Å². The number of nitrogens with one attached hydrogen (secondary N) is 1. The molecule has 0 bridgehead atoms. The zero-order chi connectivity index (χ0) is 17.5. The molecule has 1 aliphatic heterocycles. The third-order valence-corrected chi connectivity index (χ3v) is 4.48. The second kappa shape index (κ2) is 8.54. The van der Waals surface area contributed by atoms with Crippen LogP contribution in [0.15, 0.2) is 30.0 Å². The van der Waals surface area contributed by atoms with Crippen molar-refractivity contribution in [3.8, 4) is 6.07 Å². The van der Waals surface area contributed by atoms with Crippen LogP contribution < -0.4 is 5.32 Å².